The monoisotopic (exact) mass is 503 g/mol. The molecule has 0 aromatic carbocycles. The summed E-state index contributed by atoms with van der Waals surface area (Å²) in [6, 6.07) is 0. The summed E-state index contributed by atoms with van der Waals surface area (Å²) in [5.41, 5.74) is 5.49. The van der Waals surface area contributed by atoms with E-state index in [1.165, 1.54) is 64.2 Å². The second-order valence-corrected chi connectivity index (χ2v) is 9.52. The van der Waals surface area contributed by atoms with Crippen molar-refractivity contribution in [3.05, 3.63) is 0 Å². The minimum atomic E-state index is -0.730. The average Bonchev–Trinajstić information content (AvgIpc) is 2.83. The van der Waals surface area contributed by atoms with Crippen molar-refractivity contribution < 1.29 is 28.2 Å². The van der Waals surface area contributed by atoms with Crippen LogP contribution in [0.1, 0.15) is 129 Å². The van der Waals surface area contributed by atoms with Crippen LogP contribution >= 0.6 is 8.69 Å². The van der Waals surface area contributed by atoms with Gasteiger partial charge in [0.2, 0.25) is 0 Å². The number of esters is 2. The maximum atomic E-state index is 12.1. The molecule has 34 heavy (non-hydrogen) atoms. The summed E-state index contributed by atoms with van der Waals surface area (Å²) in [6.45, 7) is 2.86. The van der Waals surface area contributed by atoms with Crippen LogP contribution in [0.25, 0.3) is 0 Å². The third-order valence-electron chi connectivity index (χ3n) is 5.86. The van der Waals surface area contributed by atoms with Crippen molar-refractivity contribution in [2.75, 3.05) is 19.8 Å². The van der Waals surface area contributed by atoms with Crippen molar-refractivity contribution in [3.63, 3.8) is 0 Å². The lowest BCUT2D eigenvalue weighted by Gasteiger charge is -2.16. The van der Waals surface area contributed by atoms with Crippen LogP contribution in [0, 0.1) is 0 Å². The van der Waals surface area contributed by atoms with Gasteiger partial charge in [-0.15, -0.1) is 0 Å². The van der Waals surface area contributed by atoms with E-state index in [2.05, 4.69) is 6.92 Å². The van der Waals surface area contributed by atoms with E-state index in [1.807, 2.05) is 0 Å². The number of carbonyl (C=O) groups is 2. The van der Waals surface area contributed by atoms with E-state index < -0.39 is 14.8 Å². The van der Waals surface area contributed by atoms with Crippen LogP contribution in [0.2, 0.25) is 0 Å². The zero-order chi connectivity index (χ0) is 25.1. The number of carbonyl (C=O) groups excluding carboxylic acids is 2. The summed E-state index contributed by atoms with van der Waals surface area (Å²) in [6.07, 6.45) is 19.4. The van der Waals surface area contributed by atoms with Gasteiger partial charge in [0.05, 0.1) is 0 Å². The van der Waals surface area contributed by atoms with Crippen LogP contribution in [-0.2, 0) is 28.2 Å². The predicted molar refractivity (Wildman–Crippen MR) is 137 cm³/mol. The fraction of sp³-hybridized carbons (Fsp3) is 0.923. The van der Waals surface area contributed by atoms with Gasteiger partial charge < -0.3 is 15.2 Å². The second kappa shape index (κ2) is 26.6. The standard InChI is InChI=1S/C26H50NO6P/c1-2-3-4-5-6-10-14-17-20-26(29)33-24(23-32-34-30)22-31-25(28)19-16-13-11-8-7-9-12-15-18-21-27/h24H,2-23,27H2,1H3/t24-/m0/s1. The largest absolute Gasteiger partial charge is 0.462 e. The fourth-order valence-electron chi connectivity index (χ4n) is 3.79. The smallest absolute Gasteiger partial charge is 0.327 e. The Labute approximate surface area is 209 Å². The van der Waals surface area contributed by atoms with Gasteiger partial charge >= 0.3 is 20.6 Å². The van der Waals surface area contributed by atoms with E-state index in [9.17, 15) is 14.2 Å². The van der Waals surface area contributed by atoms with Gasteiger partial charge in [0.25, 0.3) is 0 Å². The molecule has 0 aliphatic heterocycles. The Bertz CT molecular complexity index is 492. The van der Waals surface area contributed by atoms with Crippen molar-refractivity contribution in [3.8, 4) is 0 Å². The minimum Gasteiger partial charge on any atom is -0.462 e. The molecule has 0 fully saturated rings. The fourth-order valence-corrected chi connectivity index (χ4v) is 4.01. The van der Waals surface area contributed by atoms with Gasteiger partial charge in [-0.25, -0.2) is 4.57 Å². The summed E-state index contributed by atoms with van der Waals surface area (Å²) < 4.78 is 26.1. The average molecular weight is 504 g/mol. The molecule has 0 unspecified atom stereocenters. The Kier molecular flexibility index (Phi) is 25.8. The molecule has 7 nitrogen and oxygen atoms in total. The maximum Gasteiger partial charge on any atom is 0.327 e. The van der Waals surface area contributed by atoms with Crippen molar-refractivity contribution in [1.29, 1.82) is 0 Å². The Hall–Kier alpha value is -1.04. The number of hydrogen-bond donors (Lipinski definition) is 1. The normalized spacial score (nSPS) is 12.1. The number of hydrogen-bond acceptors (Lipinski definition) is 7. The molecule has 0 radical (unpaired) electrons. The lowest BCUT2D eigenvalue weighted by atomic mass is 10.1. The van der Waals surface area contributed by atoms with E-state index in [1.54, 1.807) is 0 Å². The van der Waals surface area contributed by atoms with E-state index in [4.69, 9.17) is 19.7 Å². The second-order valence-electron chi connectivity index (χ2n) is 9.11. The minimum absolute atomic E-state index is 0.0627. The predicted octanol–water partition coefficient (Wildman–Crippen LogP) is 7.06. The zero-order valence-electron chi connectivity index (χ0n) is 21.6. The molecule has 1 atom stereocenters. The highest BCUT2D eigenvalue weighted by atomic mass is 31.1. The van der Waals surface area contributed by atoms with Crippen LogP contribution in [0.3, 0.4) is 0 Å². The van der Waals surface area contributed by atoms with Gasteiger partial charge in [0.1, 0.15) is 13.2 Å². The first-order valence-electron chi connectivity index (χ1n) is 13.6. The van der Waals surface area contributed by atoms with Gasteiger partial charge in [-0.3, -0.25) is 14.1 Å². The summed E-state index contributed by atoms with van der Waals surface area (Å²) in [5, 5.41) is 0. The molecule has 0 heterocycles. The quantitative estimate of drug-likeness (QED) is 0.0765. The van der Waals surface area contributed by atoms with E-state index >= 15 is 0 Å². The lowest BCUT2D eigenvalue weighted by Crippen LogP contribution is -2.28. The third kappa shape index (κ3) is 24.1. The molecular formula is C26H50NO6P. The molecule has 0 aliphatic carbocycles. The van der Waals surface area contributed by atoms with Crippen LogP contribution in [0.4, 0.5) is 0 Å². The number of rotatable bonds is 26. The van der Waals surface area contributed by atoms with Crippen LogP contribution in [0.5, 0.6) is 0 Å². The summed E-state index contributed by atoms with van der Waals surface area (Å²) in [7, 11) is -0.489. The molecule has 8 heteroatoms. The van der Waals surface area contributed by atoms with Crippen molar-refractivity contribution in [2.45, 2.75) is 135 Å². The molecule has 0 spiro atoms. The maximum absolute atomic E-state index is 12.1. The first kappa shape index (κ1) is 33.0. The van der Waals surface area contributed by atoms with Gasteiger partial charge in [0.15, 0.2) is 6.10 Å². The molecule has 0 bridgehead atoms. The van der Waals surface area contributed by atoms with Gasteiger partial charge in [-0.2, -0.15) is 0 Å². The first-order valence-corrected chi connectivity index (χ1v) is 14.4. The highest BCUT2D eigenvalue weighted by molar-refractivity contribution is 7.17. The first-order chi connectivity index (χ1) is 16.6. The van der Waals surface area contributed by atoms with Gasteiger partial charge in [-0.05, 0) is 25.8 Å². The molecule has 0 aliphatic rings. The molecule has 200 valence electrons. The number of nitrogens with two attached hydrogens (primary N) is 1. The summed E-state index contributed by atoms with van der Waals surface area (Å²) >= 11 is 0. The van der Waals surface area contributed by atoms with Gasteiger partial charge in [0, 0.05) is 12.8 Å². The Balaban J connectivity index is 3.84. The zero-order valence-corrected chi connectivity index (χ0v) is 22.5. The van der Waals surface area contributed by atoms with Crippen molar-refractivity contribution in [1.82, 2.24) is 0 Å². The Morgan fingerprint density at radius 1 is 0.676 bits per heavy atom. The summed E-state index contributed by atoms with van der Waals surface area (Å²) in [4.78, 5) is 24.1. The SMILES string of the molecule is CCCCCCCCCCC(=O)O[C@H](COP=O)COC(=O)CCCCCCCCCCCN. The van der Waals surface area contributed by atoms with Crippen LogP contribution in [-0.4, -0.2) is 37.8 Å². The van der Waals surface area contributed by atoms with Crippen molar-refractivity contribution in [2.24, 2.45) is 5.73 Å². The highest BCUT2D eigenvalue weighted by Crippen LogP contribution is 2.13. The Morgan fingerprint density at radius 3 is 1.65 bits per heavy atom. The molecule has 0 rings (SSSR count). The van der Waals surface area contributed by atoms with E-state index in [-0.39, 0.29) is 25.2 Å². The molecule has 0 amide bonds. The number of unbranched alkanes of at least 4 members (excludes halogenated alkanes) is 15. The lowest BCUT2D eigenvalue weighted by molar-refractivity contribution is -0.160. The van der Waals surface area contributed by atoms with E-state index in [0.717, 1.165) is 51.5 Å². The van der Waals surface area contributed by atoms with E-state index in [0.29, 0.717) is 12.8 Å². The van der Waals surface area contributed by atoms with Gasteiger partial charge in [-0.1, -0.05) is 96.8 Å². The highest BCUT2D eigenvalue weighted by Gasteiger charge is 2.17. The molecule has 0 aromatic heterocycles. The summed E-state index contributed by atoms with van der Waals surface area (Å²) in [5.74, 6) is -0.633. The number of ether oxygens (including phenoxy) is 2. The molecular weight excluding hydrogens is 453 g/mol. The molecule has 0 saturated carbocycles. The molecule has 0 aromatic rings. The Morgan fingerprint density at radius 2 is 1.15 bits per heavy atom. The van der Waals surface area contributed by atoms with Crippen molar-refractivity contribution >= 4 is 20.6 Å². The topological polar surface area (TPSA) is 105 Å². The molecule has 0 saturated heterocycles. The third-order valence-corrected chi connectivity index (χ3v) is 6.12. The van der Waals surface area contributed by atoms with Crippen LogP contribution in [0.15, 0.2) is 0 Å². The molecule has 2 N–H and O–H groups in total. The van der Waals surface area contributed by atoms with Crippen LogP contribution < -0.4 is 5.73 Å².